The number of hydrogen-bond acceptors (Lipinski definition) is 0. The molecule has 0 saturated heterocycles. The third-order valence-corrected chi connectivity index (χ3v) is 5.02. The zero-order valence-electron chi connectivity index (χ0n) is 16.1. The summed E-state index contributed by atoms with van der Waals surface area (Å²) in [5.74, 6) is 0. The highest BCUT2D eigenvalue weighted by Gasteiger charge is 2.36. The average molecular weight is 393 g/mol. The molecule has 2 nitrogen and oxygen atoms in total. The van der Waals surface area contributed by atoms with Gasteiger partial charge in [0.05, 0.1) is 17.3 Å². The van der Waals surface area contributed by atoms with Gasteiger partial charge in [0.1, 0.15) is 5.69 Å². The molecule has 0 amide bonds. The normalized spacial score (nSPS) is 11.6. The van der Waals surface area contributed by atoms with Crippen LogP contribution in [0.2, 0.25) is 0 Å². The van der Waals surface area contributed by atoms with Gasteiger partial charge in [-0.1, -0.05) is 66.7 Å². The summed E-state index contributed by atoms with van der Waals surface area (Å²) in [6, 6.07) is 22.3. The van der Waals surface area contributed by atoms with Gasteiger partial charge >= 0.3 is 6.18 Å². The standard InChI is InChI=1S/C24H20F3N2/c1-17-7-6-10-22(24(25,26)27)23(17)29-16-21(15-28(29)2)20-13-11-19(12-14-20)18-8-4-3-5-9-18/h3-16H,1-2H3/q+1. The molecule has 0 aliphatic carbocycles. The smallest absolute Gasteiger partial charge is 0.166 e. The highest BCUT2D eigenvalue weighted by Crippen LogP contribution is 2.35. The molecular weight excluding hydrogens is 373 g/mol. The maximum absolute atomic E-state index is 13.6. The van der Waals surface area contributed by atoms with Crippen LogP contribution in [-0.4, -0.2) is 4.68 Å². The molecule has 3 aromatic carbocycles. The van der Waals surface area contributed by atoms with Gasteiger partial charge in [-0.15, -0.1) is 9.36 Å². The molecule has 146 valence electrons. The first kappa shape index (κ1) is 19.0. The van der Waals surface area contributed by atoms with E-state index >= 15 is 0 Å². The van der Waals surface area contributed by atoms with Crippen molar-refractivity contribution in [3.63, 3.8) is 0 Å². The molecule has 0 radical (unpaired) electrons. The van der Waals surface area contributed by atoms with E-state index in [-0.39, 0.29) is 5.69 Å². The Morgan fingerprint density at radius 3 is 1.93 bits per heavy atom. The minimum Gasteiger partial charge on any atom is -0.166 e. The highest BCUT2D eigenvalue weighted by atomic mass is 19.4. The predicted octanol–water partition coefficient (Wildman–Crippen LogP) is 5.96. The maximum atomic E-state index is 13.6. The Kier molecular flexibility index (Phi) is 4.74. The molecule has 0 unspecified atom stereocenters. The molecule has 0 atom stereocenters. The molecule has 0 spiro atoms. The lowest BCUT2D eigenvalue weighted by atomic mass is 10.0. The zero-order valence-corrected chi connectivity index (χ0v) is 16.1. The van der Waals surface area contributed by atoms with Gasteiger partial charge in [0.15, 0.2) is 7.05 Å². The lowest BCUT2D eigenvalue weighted by Crippen LogP contribution is -2.38. The first-order valence-corrected chi connectivity index (χ1v) is 9.26. The summed E-state index contributed by atoms with van der Waals surface area (Å²) in [4.78, 5) is 0. The molecule has 0 bridgehead atoms. The largest absolute Gasteiger partial charge is 0.418 e. The summed E-state index contributed by atoms with van der Waals surface area (Å²) < 4.78 is 43.9. The number of halogens is 3. The Bertz CT molecular complexity index is 1140. The Hall–Kier alpha value is -3.34. The summed E-state index contributed by atoms with van der Waals surface area (Å²) >= 11 is 0. The summed E-state index contributed by atoms with van der Waals surface area (Å²) in [6.45, 7) is 1.69. The van der Waals surface area contributed by atoms with E-state index in [0.29, 0.717) is 5.56 Å². The molecule has 1 aromatic heterocycles. The van der Waals surface area contributed by atoms with Crippen LogP contribution in [0.1, 0.15) is 11.1 Å². The van der Waals surface area contributed by atoms with Gasteiger partial charge in [0.2, 0.25) is 6.20 Å². The molecule has 0 aliphatic rings. The van der Waals surface area contributed by atoms with Gasteiger partial charge < -0.3 is 0 Å². The summed E-state index contributed by atoms with van der Waals surface area (Å²) in [5.41, 5.74) is 4.08. The van der Waals surface area contributed by atoms with Gasteiger partial charge in [-0.25, -0.2) is 0 Å². The van der Waals surface area contributed by atoms with Crippen LogP contribution >= 0.6 is 0 Å². The number of para-hydroxylation sites is 1. The predicted molar refractivity (Wildman–Crippen MR) is 108 cm³/mol. The molecule has 0 aliphatic heterocycles. The van der Waals surface area contributed by atoms with Gasteiger partial charge in [0, 0.05) is 0 Å². The maximum Gasteiger partial charge on any atom is 0.418 e. The molecule has 0 fully saturated rings. The van der Waals surface area contributed by atoms with E-state index in [0.717, 1.165) is 28.3 Å². The number of alkyl halides is 3. The summed E-state index contributed by atoms with van der Waals surface area (Å²) in [5, 5.41) is 0. The van der Waals surface area contributed by atoms with Crippen LogP contribution in [0.3, 0.4) is 0 Å². The first-order chi connectivity index (χ1) is 13.8. The van der Waals surface area contributed by atoms with Crippen molar-refractivity contribution < 1.29 is 17.9 Å². The van der Waals surface area contributed by atoms with E-state index in [1.807, 2.05) is 60.8 Å². The van der Waals surface area contributed by atoms with Crippen molar-refractivity contribution in [1.29, 1.82) is 0 Å². The zero-order chi connectivity index (χ0) is 20.6. The van der Waals surface area contributed by atoms with E-state index in [2.05, 4.69) is 0 Å². The molecule has 5 heteroatoms. The molecule has 4 rings (SSSR count). The van der Waals surface area contributed by atoms with Crippen molar-refractivity contribution >= 4 is 0 Å². The molecular formula is C24H20F3N2+. The van der Waals surface area contributed by atoms with Crippen molar-refractivity contribution in [2.45, 2.75) is 13.1 Å². The Morgan fingerprint density at radius 1 is 0.724 bits per heavy atom. The van der Waals surface area contributed by atoms with Crippen LogP contribution in [-0.2, 0) is 13.2 Å². The Morgan fingerprint density at radius 2 is 1.31 bits per heavy atom. The van der Waals surface area contributed by atoms with Crippen molar-refractivity contribution in [1.82, 2.24) is 4.68 Å². The van der Waals surface area contributed by atoms with Crippen LogP contribution in [0.15, 0.2) is 85.2 Å². The number of aromatic nitrogens is 2. The SMILES string of the molecule is Cc1cccc(C(F)(F)F)c1-n1cc(-c2ccc(-c3ccccc3)cc2)c[n+]1C. The Labute approximate surface area is 167 Å². The number of rotatable bonds is 3. The van der Waals surface area contributed by atoms with Gasteiger partial charge in [-0.3, -0.25) is 0 Å². The Balaban J connectivity index is 1.75. The minimum atomic E-state index is -4.42. The van der Waals surface area contributed by atoms with Gasteiger partial charge in [-0.2, -0.15) is 13.2 Å². The molecule has 0 N–H and O–H groups in total. The second-order valence-electron chi connectivity index (χ2n) is 7.04. The lowest BCUT2D eigenvalue weighted by Gasteiger charge is -2.13. The van der Waals surface area contributed by atoms with Crippen molar-refractivity contribution in [3.05, 3.63) is 96.3 Å². The van der Waals surface area contributed by atoms with E-state index in [4.69, 9.17) is 0 Å². The van der Waals surface area contributed by atoms with Crippen LogP contribution in [0.5, 0.6) is 0 Å². The van der Waals surface area contributed by atoms with Crippen LogP contribution < -0.4 is 4.68 Å². The first-order valence-electron chi connectivity index (χ1n) is 9.26. The lowest BCUT2D eigenvalue weighted by molar-refractivity contribution is -0.744. The van der Waals surface area contributed by atoms with Crippen LogP contribution in [0.25, 0.3) is 27.9 Å². The van der Waals surface area contributed by atoms with Crippen molar-refractivity contribution in [3.8, 4) is 27.9 Å². The van der Waals surface area contributed by atoms with E-state index in [9.17, 15) is 13.2 Å². The van der Waals surface area contributed by atoms with E-state index in [1.54, 1.807) is 35.6 Å². The van der Waals surface area contributed by atoms with E-state index < -0.39 is 11.7 Å². The fourth-order valence-corrected chi connectivity index (χ4v) is 3.57. The topological polar surface area (TPSA) is 8.81 Å². The highest BCUT2D eigenvalue weighted by molar-refractivity contribution is 5.69. The molecule has 0 saturated carbocycles. The summed E-state index contributed by atoms with van der Waals surface area (Å²) in [6.07, 6.45) is -0.838. The van der Waals surface area contributed by atoms with E-state index in [1.165, 1.54) is 6.07 Å². The minimum absolute atomic E-state index is 0.148. The van der Waals surface area contributed by atoms with Gasteiger partial charge in [-0.05, 0) is 35.2 Å². The monoisotopic (exact) mass is 393 g/mol. The number of hydrogen-bond donors (Lipinski definition) is 0. The second kappa shape index (κ2) is 7.24. The number of aryl methyl sites for hydroxylation is 2. The fraction of sp³-hybridized carbons (Fsp3) is 0.125. The molecule has 4 aromatic rings. The van der Waals surface area contributed by atoms with Gasteiger partial charge in [0.25, 0.3) is 0 Å². The third kappa shape index (κ3) is 3.68. The summed E-state index contributed by atoms with van der Waals surface area (Å²) in [7, 11) is 1.74. The quantitative estimate of drug-likeness (QED) is 0.380. The molecule has 1 heterocycles. The molecule has 29 heavy (non-hydrogen) atoms. The van der Waals surface area contributed by atoms with Crippen LogP contribution in [0, 0.1) is 6.92 Å². The van der Waals surface area contributed by atoms with Crippen molar-refractivity contribution in [2.24, 2.45) is 7.05 Å². The third-order valence-electron chi connectivity index (χ3n) is 5.02. The number of benzene rings is 3. The fourth-order valence-electron chi connectivity index (χ4n) is 3.57. The van der Waals surface area contributed by atoms with Crippen molar-refractivity contribution in [2.75, 3.05) is 0 Å². The van der Waals surface area contributed by atoms with Crippen LogP contribution in [0.4, 0.5) is 13.2 Å². The average Bonchev–Trinajstić information content (AvgIpc) is 3.09. The second-order valence-corrected chi connectivity index (χ2v) is 7.04. The number of nitrogens with zero attached hydrogens (tertiary/aromatic N) is 2.